The molecule has 6 atom stereocenters. The van der Waals surface area contributed by atoms with Crippen molar-refractivity contribution in [1.29, 1.82) is 0 Å². The molecule has 0 radical (unpaired) electrons. The number of carbonyl (C=O) groups excluding carboxylic acids is 2. The van der Waals surface area contributed by atoms with Crippen molar-refractivity contribution in [3.63, 3.8) is 0 Å². The number of ether oxygens (including phenoxy) is 2. The van der Waals surface area contributed by atoms with Crippen LogP contribution in [-0.4, -0.2) is 123 Å². The Morgan fingerprint density at radius 2 is 1.35 bits per heavy atom. The highest BCUT2D eigenvalue weighted by Crippen LogP contribution is 2.48. The number of aromatic nitrogens is 8. The van der Waals surface area contributed by atoms with E-state index in [1.807, 2.05) is 44.8 Å². The van der Waals surface area contributed by atoms with Crippen LogP contribution in [0.5, 0.6) is 5.75 Å². The highest BCUT2D eigenvalue weighted by molar-refractivity contribution is 6.01. The molecule has 2 aliphatic heterocycles. The lowest BCUT2D eigenvalue weighted by atomic mass is 9.72. The number of fused-ring (bicyclic) bond motifs is 8. The predicted molar refractivity (Wildman–Crippen MR) is 301 cm³/mol. The summed E-state index contributed by atoms with van der Waals surface area (Å²) in [6.07, 6.45) is 11.8. The molecule has 6 aliphatic carbocycles. The van der Waals surface area contributed by atoms with Crippen molar-refractivity contribution in [2.75, 3.05) is 32.6 Å². The average molecular weight is 1080 g/mol. The Morgan fingerprint density at radius 3 is 2.04 bits per heavy atom. The number of nitrogens with one attached hydrogen (secondary N) is 1. The van der Waals surface area contributed by atoms with Gasteiger partial charge in [0.25, 0.3) is 11.8 Å². The van der Waals surface area contributed by atoms with E-state index in [4.69, 9.17) is 35.1 Å². The summed E-state index contributed by atoms with van der Waals surface area (Å²) in [6.45, 7) is 5.48. The van der Waals surface area contributed by atoms with Crippen molar-refractivity contribution in [3.05, 3.63) is 83.8 Å². The Morgan fingerprint density at radius 1 is 0.713 bits per heavy atom. The van der Waals surface area contributed by atoms with Crippen molar-refractivity contribution >= 4 is 61.8 Å². The lowest BCUT2D eigenvalue weighted by Gasteiger charge is -2.44. The molecule has 8 aliphatic rings. The number of imidazole rings is 2. The molecular weight excluding hydrogens is 1010 g/mol. The SMILES string of the molecule is COc1cc(C(=O)N2C[C@H]3CC[C@@H]2[C@@H]3Nc2ccc3cc(-c4nc5cc(C(=O)N6C[C@H]7CC[C@@H]6[C@@H]7N)cc(F)c5n4CC4CC(C)(OC)C4)n(CC4CC4)c3n2)cc2nc(-c3cc4cccnc4n3CC3CC3)n(C3CC(F)C3)c12. The van der Waals surface area contributed by atoms with E-state index in [1.165, 1.54) is 18.9 Å². The van der Waals surface area contributed by atoms with Gasteiger partial charge in [0.1, 0.15) is 45.9 Å². The van der Waals surface area contributed by atoms with Gasteiger partial charge in [-0.05, 0) is 174 Å². The number of piperidine rings is 2. The first-order valence-corrected chi connectivity index (χ1v) is 29.5. The van der Waals surface area contributed by atoms with E-state index in [-0.39, 0.29) is 65.4 Å². The van der Waals surface area contributed by atoms with Crippen LogP contribution in [-0.2, 0) is 24.4 Å². The Balaban J connectivity index is 0.716. The smallest absolute Gasteiger partial charge is 0.254 e. The number of pyridine rings is 2. The number of halogens is 2. The van der Waals surface area contributed by atoms with Crippen LogP contribution in [0.1, 0.15) is 111 Å². The molecule has 3 N–H and O–H groups in total. The molecule has 8 heterocycles. The lowest BCUT2D eigenvalue weighted by Crippen LogP contribution is -2.44. The van der Waals surface area contributed by atoms with Gasteiger partial charge in [0.15, 0.2) is 11.6 Å². The maximum absolute atomic E-state index is 16.9. The van der Waals surface area contributed by atoms with Gasteiger partial charge in [-0.2, -0.15) is 0 Å². The number of benzene rings is 2. The second-order valence-corrected chi connectivity index (χ2v) is 25.5. The summed E-state index contributed by atoms with van der Waals surface area (Å²) in [7, 11) is 3.39. The molecule has 16 rings (SSSR count). The predicted octanol–water partition coefficient (Wildman–Crippen LogP) is 10.2. The number of amides is 2. The number of nitrogens with zero attached hydrogens (tertiary/aromatic N) is 10. The normalized spacial score (nSPS) is 28.8. The van der Waals surface area contributed by atoms with Crippen LogP contribution in [0.4, 0.5) is 14.6 Å². The summed E-state index contributed by atoms with van der Waals surface area (Å²) in [4.78, 5) is 53.7. The second kappa shape index (κ2) is 18.0. The second-order valence-electron chi connectivity index (χ2n) is 25.5. The zero-order valence-corrected chi connectivity index (χ0v) is 45.7. The van der Waals surface area contributed by atoms with Crippen LogP contribution in [0.15, 0.2) is 66.9 Å². The zero-order valence-electron chi connectivity index (χ0n) is 45.7. The van der Waals surface area contributed by atoms with Gasteiger partial charge in [-0.25, -0.2) is 28.7 Å². The molecule has 2 saturated heterocycles. The monoisotopic (exact) mass is 1080 g/mol. The molecule has 8 fully saturated rings. The minimum absolute atomic E-state index is 0.0169. The number of hydrogen-bond acceptors (Lipinski definition) is 10. The molecule has 0 unspecified atom stereocenters. The third kappa shape index (κ3) is 7.76. The van der Waals surface area contributed by atoms with E-state index in [9.17, 15) is 14.0 Å². The molecule has 8 aromatic rings. The van der Waals surface area contributed by atoms with Gasteiger partial charge in [-0.1, -0.05) is 0 Å². The molecule has 16 nitrogen and oxygen atoms in total. The van der Waals surface area contributed by atoms with Gasteiger partial charge < -0.3 is 48.6 Å². The van der Waals surface area contributed by atoms with Gasteiger partial charge in [0.2, 0.25) is 0 Å². The first-order chi connectivity index (χ1) is 38.9. The third-order valence-corrected chi connectivity index (χ3v) is 20.3. The maximum atomic E-state index is 16.9. The summed E-state index contributed by atoms with van der Waals surface area (Å²) < 4.78 is 52.4. The van der Waals surface area contributed by atoms with Crippen molar-refractivity contribution < 1.29 is 27.8 Å². The van der Waals surface area contributed by atoms with Crippen LogP contribution >= 0.6 is 0 Å². The molecule has 414 valence electrons. The molecule has 80 heavy (non-hydrogen) atoms. The van der Waals surface area contributed by atoms with Crippen molar-refractivity contribution in [2.45, 2.75) is 146 Å². The largest absolute Gasteiger partial charge is 0.494 e. The minimum Gasteiger partial charge on any atom is -0.494 e. The van der Waals surface area contributed by atoms with E-state index < -0.39 is 12.0 Å². The van der Waals surface area contributed by atoms with Crippen molar-refractivity contribution in [1.82, 2.24) is 48.0 Å². The Kier molecular flexibility index (Phi) is 11.0. The summed E-state index contributed by atoms with van der Waals surface area (Å²) in [5.41, 5.74) is 13.0. The number of methoxy groups -OCH3 is 2. The number of anilines is 1. The average Bonchev–Trinajstić information content (AvgIpc) is 4.04. The summed E-state index contributed by atoms with van der Waals surface area (Å²) >= 11 is 0. The number of likely N-dealkylation sites (tertiary alicyclic amines) is 2. The third-order valence-electron chi connectivity index (χ3n) is 20.3. The Labute approximate surface area is 462 Å². The summed E-state index contributed by atoms with van der Waals surface area (Å²) in [6, 6.07) is 19.2. The first-order valence-electron chi connectivity index (χ1n) is 29.5. The standard InChI is InChI=1S/C62H68F2N12O4/c1-62(80-3)25-34(26-62)29-75-54-43(64)17-39(60(77)73-30-37-10-13-46(73)52(37)65)18-44(54)67-58(75)48-21-36-12-15-51(70-57(36)72(48)28-33-8-9-33)69-53-38-11-14-47(53)74(31-38)61(78)40-19-45-55(50(22-40)79-2)76(42-23-41(63)24-42)59(68-45)49-20-35-5-4-16-66-56(35)71(49)27-32-6-7-32/h4-5,12,15-22,32-34,37-38,41-42,46-47,52-53H,6-11,13-14,23-31,65H2,1-3H3,(H,69,70)/t34?,37-,38-,41?,42?,46-,47-,52-,53-,62?/m1/s1. The van der Waals surface area contributed by atoms with E-state index in [2.05, 4.69) is 50.2 Å². The van der Waals surface area contributed by atoms with Gasteiger partial charge in [-0.3, -0.25) is 9.59 Å². The van der Waals surface area contributed by atoms with Gasteiger partial charge >= 0.3 is 0 Å². The van der Waals surface area contributed by atoms with Crippen LogP contribution < -0.4 is 15.8 Å². The Bertz CT molecular complexity index is 3860. The quantitative estimate of drug-likeness (QED) is 0.101. The molecule has 4 bridgehead atoms. The van der Waals surface area contributed by atoms with Crippen molar-refractivity contribution in [3.8, 4) is 28.8 Å². The van der Waals surface area contributed by atoms with Gasteiger partial charge in [0.05, 0.1) is 47.2 Å². The number of alkyl halides is 1. The molecule has 6 aromatic heterocycles. The maximum Gasteiger partial charge on any atom is 0.254 e. The van der Waals surface area contributed by atoms with Crippen LogP contribution in [0.2, 0.25) is 0 Å². The zero-order chi connectivity index (χ0) is 54.0. The number of rotatable bonds is 15. The van der Waals surface area contributed by atoms with E-state index >= 15 is 4.39 Å². The molecule has 0 spiro atoms. The van der Waals surface area contributed by atoms with Gasteiger partial charge in [-0.15, -0.1) is 0 Å². The van der Waals surface area contributed by atoms with Gasteiger partial charge in [0, 0.05) is 86.1 Å². The first kappa shape index (κ1) is 48.9. The Hall–Kier alpha value is -6.92. The fourth-order valence-electron chi connectivity index (χ4n) is 15.6. The highest BCUT2D eigenvalue weighted by atomic mass is 19.1. The van der Waals surface area contributed by atoms with E-state index in [0.717, 1.165) is 115 Å². The van der Waals surface area contributed by atoms with Crippen LogP contribution in [0, 0.1) is 35.4 Å². The van der Waals surface area contributed by atoms with Crippen LogP contribution in [0.3, 0.4) is 0 Å². The fraction of sp³-hybridized carbons (Fsp3) is 0.516. The fourth-order valence-corrected chi connectivity index (χ4v) is 15.6. The number of hydrogen-bond donors (Lipinski definition) is 2. The van der Waals surface area contributed by atoms with E-state index in [1.54, 1.807) is 20.3 Å². The molecule has 6 saturated carbocycles. The summed E-state index contributed by atoms with van der Waals surface area (Å²) in [5.74, 6) is 3.81. The van der Waals surface area contributed by atoms with Crippen LogP contribution in [0.25, 0.3) is 67.2 Å². The molecular formula is C62H68F2N12O4. The summed E-state index contributed by atoms with van der Waals surface area (Å²) in [5, 5.41) is 5.84. The molecule has 2 aromatic carbocycles. The number of nitrogens with two attached hydrogens (primary N) is 1. The topological polar surface area (TPSA) is 168 Å². The molecule has 2 amide bonds. The lowest BCUT2D eigenvalue weighted by molar-refractivity contribution is -0.0937. The number of carbonyl (C=O) groups is 2. The molecule has 18 heteroatoms. The minimum atomic E-state index is -0.880. The highest BCUT2D eigenvalue weighted by Gasteiger charge is 2.50. The van der Waals surface area contributed by atoms with Crippen molar-refractivity contribution in [2.24, 2.45) is 35.3 Å². The van der Waals surface area contributed by atoms with E-state index in [0.29, 0.717) is 83.6 Å².